The summed E-state index contributed by atoms with van der Waals surface area (Å²) in [6.45, 7) is 6.09. The average molecular weight is 547 g/mol. The van der Waals surface area contributed by atoms with Crippen LogP contribution in [0.25, 0.3) is 71.6 Å². The van der Waals surface area contributed by atoms with E-state index >= 15 is 0 Å². The molecule has 43 heavy (non-hydrogen) atoms. The van der Waals surface area contributed by atoms with E-state index in [1.807, 2.05) is 25.1 Å². The Balaban J connectivity index is 1.67. The summed E-state index contributed by atoms with van der Waals surface area (Å²) in [7, 11) is 0. The summed E-state index contributed by atoms with van der Waals surface area (Å²) >= 11 is 0. The van der Waals surface area contributed by atoms with Gasteiger partial charge in [0.05, 0.1) is 23.3 Å². The number of benzene rings is 6. The van der Waals surface area contributed by atoms with Gasteiger partial charge in [0.2, 0.25) is 0 Å². The summed E-state index contributed by atoms with van der Waals surface area (Å²) in [5.74, 6) is 0. The van der Waals surface area contributed by atoms with Crippen molar-refractivity contribution >= 4 is 27.1 Å². The number of hydrogen-bond donors (Lipinski definition) is 0. The first-order valence-electron chi connectivity index (χ1n) is 14.3. The monoisotopic (exact) mass is 546 g/mol. The van der Waals surface area contributed by atoms with E-state index in [1.54, 1.807) is 6.07 Å². The molecule has 1 aliphatic carbocycles. The molecule has 1 aliphatic rings. The van der Waals surface area contributed by atoms with Crippen LogP contribution < -0.4 is 0 Å². The van der Waals surface area contributed by atoms with Crippen LogP contribution >= 0.6 is 0 Å². The van der Waals surface area contributed by atoms with E-state index in [1.165, 1.54) is 55.1 Å². The first-order chi connectivity index (χ1) is 21.2. The van der Waals surface area contributed by atoms with Crippen molar-refractivity contribution in [2.75, 3.05) is 0 Å². The first-order valence-corrected chi connectivity index (χ1v) is 14.3. The Morgan fingerprint density at radius 3 is 1.98 bits per heavy atom. The summed E-state index contributed by atoms with van der Waals surface area (Å²) in [5.41, 5.74) is 12.3. The zero-order valence-electron chi connectivity index (χ0n) is 23.7. The number of nitriles is 2. The first kappa shape index (κ1) is 26.0. The third-order valence-corrected chi connectivity index (χ3v) is 8.29. The second-order valence-corrected chi connectivity index (χ2v) is 10.7. The Bertz CT molecular complexity index is 2240. The van der Waals surface area contributed by atoms with E-state index in [0.717, 1.165) is 22.1 Å². The van der Waals surface area contributed by atoms with E-state index in [4.69, 9.17) is 0 Å². The number of nitrogens with zero attached hydrogens (tertiary/aromatic N) is 2. The molecule has 0 saturated heterocycles. The highest BCUT2D eigenvalue weighted by Gasteiger charge is 2.31. The molecule has 6 aromatic rings. The average Bonchev–Trinajstić information content (AvgIpc) is 3.39. The van der Waals surface area contributed by atoms with Gasteiger partial charge in [-0.1, -0.05) is 116 Å². The van der Waals surface area contributed by atoms with Crippen LogP contribution in [0.4, 0.5) is 0 Å². The van der Waals surface area contributed by atoms with Gasteiger partial charge in [-0.15, -0.1) is 0 Å². The van der Waals surface area contributed by atoms with Crippen LogP contribution in [0.3, 0.4) is 0 Å². The molecule has 0 bridgehead atoms. The highest BCUT2D eigenvalue weighted by atomic mass is 14.3. The van der Waals surface area contributed by atoms with Gasteiger partial charge in [0.25, 0.3) is 0 Å². The predicted octanol–water partition coefficient (Wildman–Crippen LogP) is 10.9. The van der Waals surface area contributed by atoms with Crippen molar-refractivity contribution in [2.24, 2.45) is 0 Å². The van der Waals surface area contributed by atoms with Crippen molar-refractivity contribution < 1.29 is 0 Å². The number of rotatable bonds is 5. The van der Waals surface area contributed by atoms with Crippen LogP contribution in [0.5, 0.6) is 0 Å². The smallest absolute Gasteiger partial charge is 0.0992 e. The minimum atomic E-state index is 0.478. The molecule has 0 atom stereocenters. The zero-order chi connectivity index (χ0) is 29.5. The third kappa shape index (κ3) is 4.01. The number of fused-ring (bicyclic) bond motifs is 4. The molecule has 0 aromatic heterocycles. The molecular formula is C41H26N2. The van der Waals surface area contributed by atoms with Crippen molar-refractivity contribution in [3.63, 3.8) is 0 Å². The van der Waals surface area contributed by atoms with Crippen LogP contribution in [0.15, 0.2) is 134 Å². The fourth-order valence-corrected chi connectivity index (χ4v) is 6.70. The summed E-state index contributed by atoms with van der Waals surface area (Å²) in [6.07, 6.45) is 8.20. The normalized spacial score (nSPS) is 11.9. The van der Waals surface area contributed by atoms with Gasteiger partial charge < -0.3 is 0 Å². The van der Waals surface area contributed by atoms with Crippen molar-refractivity contribution in [1.82, 2.24) is 0 Å². The van der Waals surface area contributed by atoms with Crippen molar-refractivity contribution in [3.8, 4) is 56.6 Å². The lowest BCUT2D eigenvalue weighted by molar-refractivity contribution is 1.45. The van der Waals surface area contributed by atoms with Gasteiger partial charge in [0, 0.05) is 0 Å². The maximum atomic E-state index is 9.68. The minimum Gasteiger partial charge on any atom is -0.192 e. The second-order valence-electron chi connectivity index (χ2n) is 10.7. The van der Waals surface area contributed by atoms with Crippen LogP contribution in [-0.2, 0) is 0 Å². The Morgan fingerprint density at radius 2 is 1.28 bits per heavy atom. The molecule has 0 unspecified atom stereocenters. The molecule has 0 N–H and O–H groups in total. The van der Waals surface area contributed by atoms with Crippen molar-refractivity contribution in [3.05, 3.63) is 151 Å². The standard InChI is InChI=1S/C41H26N2/c1-3-11-28(12-4-2)37-33-15-8-9-16-34(33)38(29-13-6-5-7-14-29)41-36-20-19-31(30-22-26(24-42)21-27(23-30)25-43)32-17-10-18-35(39(32)36)40(37)41/h3-23H,1H2,2H3/b12-4-,28-11+. The lowest BCUT2D eigenvalue weighted by atomic mass is 9.82. The SMILES string of the molecule is C=C/C=C(\C=C/C)c1c2c(c(-c3ccccc3)c3ccccc13)-c1ccc(-c3cc(C#N)cc(C#N)c3)c3cccc-2c13. The van der Waals surface area contributed by atoms with Gasteiger partial charge in [-0.3, -0.25) is 0 Å². The molecule has 0 aliphatic heterocycles. The third-order valence-electron chi connectivity index (χ3n) is 8.29. The van der Waals surface area contributed by atoms with Gasteiger partial charge in [-0.2, -0.15) is 10.5 Å². The largest absolute Gasteiger partial charge is 0.192 e. The second kappa shape index (κ2) is 10.5. The molecule has 7 rings (SSSR count). The molecule has 0 fully saturated rings. The highest BCUT2D eigenvalue weighted by molar-refractivity contribution is 6.27. The molecule has 200 valence electrons. The Labute approximate surface area is 251 Å². The van der Waals surface area contributed by atoms with E-state index in [2.05, 4.69) is 122 Å². The van der Waals surface area contributed by atoms with Gasteiger partial charge in [-0.25, -0.2) is 0 Å². The fraction of sp³-hybridized carbons (Fsp3) is 0.0244. The highest BCUT2D eigenvalue weighted by Crippen LogP contribution is 2.57. The molecule has 0 spiro atoms. The maximum absolute atomic E-state index is 9.68. The zero-order valence-corrected chi connectivity index (χ0v) is 23.7. The molecule has 0 saturated carbocycles. The van der Waals surface area contributed by atoms with Crippen LogP contribution in [-0.4, -0.2) is 0 Å². The van der Waals surface area contributed by atoms with Crippen LogP contribution in [0.2, 0.25) is 0 Å². The van der Waals surface area contributed by atoms with Crippen LogP contribution in [0.1, 0.15) is 23.6 Å². The summed E-state index contributed by atoms with van der Waals surface area (Å²) in [4.78, 5) is 0. The van der Waals surface area contributed by atoms with E-state index in [-0.39, 0.29) is 0 Å². The molecule has 2 nitrogen and oxygen atoms in total. The van der Waals surface area contributed by atoms with Gasteiger partial charge >= 0.3 is 0 Å². The molecular weight excluding hydrogens is 520 g/mol. The lowest BCUT2D eigenvalue weighted by Gasteiger charge is -2.20. The summed E-state index contributed by atoms with van der Waals surface area (Å²) in [6, 6.07) is 40.0. The Kier molecular flexibility index (Phi) is 6.32. The topological polar surface area (TPSA) is 47.6 Å². The Morgan fingerprint density at radius 1 is 0.628 bits per heavy atom. The van der Waals surface area contributed by atoms with E-state index < -0.39 is 0 Å². The number of hydrogen-bond acceptors (Lipinski definition) is 2. The van der Waals surface area contributed by atoms with Gasteiger partial charge in [0.15, 0.2) is 0 Å². The minimum absolute atomic E-state index is 0.478. The summed E-state index contributed by atoms with van der Waals surface area (Å²) in [5, 5.41) is 24.0. The molecule has 0 heterocycles. The maximum Gasteiger partial charge on any atom is 0.0992 e. The van der Waals surface area contributed by atoms with Crippen molar-refractivity contribution in [1.29, 1.82) is 10.5 Å². The lowest BCUT2D eigenvalue weighted by Crippen LogP contribution is -1.95. The van der Waals surface area contributed by atoms with Gasteiger partial charge in [-0.05, 0) is 102 Å². The van der Waals surface area contributed by atoms with Crippen LogP contribution in [0, 0.1) is 22.7 Å². The predicted molar refractivity (Wildman–Crippen MR) is 179 cm³/mol. The molecule has 0 radical (unpaired) electrons. The molecule has 0 amide bonds. The van der Waals surface area contributed by atoms with Crippen molar-refractivity contribution in [2.45, 2.75) is 6.92 Å². The Hall–Kier alpha value is -5.96. The molecule has 6 aromatic carbocycles. The van der Waals surface area contributed by atoms with E-state index in [0.29, 0.717) is 11.1 Å². The van der Waals surface area contributed by atoms with Gasteiger partial charge in [0.1, 0.15) is 0 Å². The van der Waals surface area contributed by atoms with E-state index in [9.17, 15) is 10.5 Å². The fourth-order valence-electron chi connectivity index (χ4n) is 6.70. The summed E-state index contributed by atoms with van der Waals surface area (Å²) < 4.78 is 0. The molecule has 2 heteroatoms. The quantitative estimate of drug-likeness (QED) is 0.202. The number of allylic oxidation sites excluding steroid dienone is 5.